The zero-order valence-corrected chi connectivity index (χ0v) is 21.5. The van der Waals surface area contributed by atoms with Crippen LogP contribution < -0.4 is 5.69 Å². The summed E-state index contributed by atoms with van der Waals surface area (Å²) in [6, 6.07) is 9.02. The van der Waals surface area contributed by atoms with E-state index in [0.29, 0.717) is 29.8 Å². The fraction of sp³-hybridized carbons (Fsp3) is 0.464. The molecule has 2 fully saturated rings. The number of benzene rings is 1. The highest BCUT2D eigenvalue weighted by atomic mass is 19.4. The van der Waals surface area contributed by atoms with E-state index in [1.165, 1.54) is 16.8 Å². The molecule has 2 aliphatic rings. The average molecular weight is 525 g/mol. The molecule has 0 bridgehead atoms. The number of alkyl halides is 3. The van der Waals surface area contributed by atoms with Crippen LogP contribution in [0.25, 0.3) is 11.2 Å². The second-order valence-electron chi connectivity index (χ2n) is 10.8. The van der Waals surface area contributed by atoms with Gasteiger partial charge in [0.2, 0.25) is 0 Å². The molecule has 1 saturated heterocycles. The van der Waals surface area contributed by atoms with E-state index in [4.69, 9.17) is 0 Å². The van der Waals surface area contributed by atoms with Gasteiger partial charge in [0.1, 0.15) is 12.2 Å². The van der Waals surface area contributed by atoms with E-state index in [1.807, 2.05) is 29.8 Å². The zero-order chi connectivity index (χ0) is 26.6. The molecule has 200 valence electrons. The number of imidazole rings is 1. The summed E-state index contributed by atoms with van der Waals surface area (Å²) < 4.78 is 46.9. The van der Waals surface area contributed by atoms with Gasteiger partial charge in [-0.05, 0) is 74.4 Å². The third-order valence-corrected chi connectivity index (χ3v) is 8.36. The molecule has 0 amide bonds. The van der Waals surface area contributed by atoms with Crippen LogP contribution >= 0.6 is 0 Å². The number of nitrogens with zero attached hydrogens (tertiary/aromatic N) is 6. The van der Waals surface area contributed by atoms with Gasteiger partial charge in [0.25, 0.3) is 0 Å². The van der Waals surface area contributed by atoms with E-state index in [0.717, 1.165) is 54.4 Å². The van der Waals surface area contributed by atoms with Crippen molar-refractivity contribution in [2.75, 3.05) is 6.54 Å². The Morgan fingerprint density at radius 2 is 1.92 bits per heavy atom. The van der Waals surface area contributed by atoms with Gasteiger partial charge in [-0.2, -0.15) is 13.2 Å². The van der Waals surface area contributed by atoms with Crippen molar-refractivity contribution in [3.05, 3.63) is 82.1 Å². The lowest BCUT2D eigenvalue weighted by atomic mass is 9.72. The number of likely N-dealkylation sites (tertiary alicyclic amines) is 1. The summed E-state index contributed by atoms with van der Waals surface area (Å²) in [5.41, 5.74) is 0.545. The molecule has 0 unspecified atom stereocenters. The van der Waals surface area contributed by atoms with E-state index in [9.17, 15) is 18.0 Å². The van der Waals surface area contributed by atoms with Crippen LogP contribution in [0, 0.1) is 5.92 Å². The van der Waals surface area contributed by atoms with Gasteiger partial charge >= 0.3 is 11.9 Å². The monoisotopic (exact) mass is 524 g/mol. The molecular weight excluding hydrogens is 493 g/mol. The number of fused-ring (bicyclic) bond motifs is 1. The van der Waals surface area contributed by atoms with Crippen molar-refractivity contribution in [1.29, 1.82) is 0 Å². The van der Waals surface area contributed by atoms with Crippen LogP contribution in [0.15, 0.2) is 53.8 Å². The molecular formula is C28H31F3N6O. The lowest BCUT2D eigenvalue weighted by Crippen LogP contribution is -2.27. The van der Waals surface area contributed by atoms with Crippen molar-refractivity contribution in [2.24, 2.45) is 13.0 Å². The van der Waals surface area contributed by atoms with E-state index >= 15 is 0 Å². The van der Waals surface area contributed by atoms with Crippen LogP contribution in [0.3, 0.4) is 0 Å². The highest BCUT2D eigenvalue weighted by Gasteiger charge is 2.36. The number of rotatable bonds is 6. The van der Waals surface area contributed by atoms with Gasteiger partial charge < -0.3 is 4.57 Å². The van der Waals surface area contributed by atoms with Crippen LogP contribution in [0.2, 0.25) is 0 Å². The zero-order valence-electron chi connectivity index (χ0n) is 21.5. The Hall–Kier alpha value is -3.40. The van der Waals surface area contributed by atoms with Gasteiger partial charge in [-0.1, -0.05) is 18.6 Å². The summed E-state index contributed by atoms with van der Waals surface area (Å²) in [6.45, 7) is 3.31. The van der Waals surface area contributed by atoms with Crippen LogP contribution in [-0.4, -0.2) is 41.2 Å². The average Bonchev–Trinajstić information content (AvgIpc) is 3.55. The number of hydrogen-bond donors (Lipinski definition) is 0. The molecule has 4 aromatic rings. The van der Waals surface area contributed by atoms with Crippen molar-refractivity contribution in [3.8, 4) is 5.69 Å². The first-order chi connectivity index (χ1) is 18.2. The number of halogens is 3. The van der Waals surface area contributed by atoms with E-state index in [1.54, 1.807) is 18.6 Å². The predicted octanol–water partition coefficient (Wildman–Crippen LogP) is 5.15. The summed E-state index contributed by atoms with van der Waals surface area (Å²) in [5, 5.41) is 8.42. The van der Waals surface area contributed by atoms with Gasteiger partial charge in [-0.25, -0.2) is 4.79 Å². The lowest BCUT2D eigenvalue weighted by molar-refractivity contribution is -0.136. The molecule has 0 N–H and O–H groups in total. The Kier molecular flexibility index (Phi) is 6.17. The van der Waals surface area contributed by atoms with Crippen LogP contribution in [0.1, 0.15) is 67.5 Å². The quantitative estimate of drug-likeness (QED) is 0.350. The molecule has 0 radical (unpaired) electrons. The molecule has 1 aromatic carbocycles. The van der Waals surface area contributed by atoms with Gasteiger partial charge in [0.15, 0.2) is 0 Å². The molecule has 3 aromatic heterocycles. The summed E-state index contributed by atoms with van der Waals surface area (Å²) in [5.74, 6) is 1.26. The molecule has 2 atom stereocenters. The maximum Gasteiger partial charge on any atom is 0.418 e. The number of aromatic nitrogens is 5. The van der Waals surface area contributed by atoms with Crippen molar-refractivity contribution >= 4 is 5.52 Å². The Balaban J connectivity index is 1.44. The van der Waals surface area contributed by atoms with Gasteiger partial charge in [0, 0.05) is 37.9 Å². The summed E-state index contributed by atoms with van der Waals surface area (Å²) in [7, 11) is 1.91. The topological polar surface area (TPSA) is 60.4 Å². The van der Waals surface area contributed by atoms with Crippen molar-refractivity contribution in [2.45, 2.75) is 63.7 Å². The Morgan fingerprint density at radius 1 is 1.11 bits per heavy atom. The number of hydrogen-bond acceptors (Lipinski definition) is 4. The van der Waals surface area contributed by atoms with Crippen LogP contribution in [-0.2, 0) is 19.8 Å². The SMILES string of the molecule is C[C@H]1CCCN1Cc1cc(C(F)(F)F)c2cn(-c3cccc([C@@H](c4nncn4C)C4CCC4)c3)c(=O)n2c1. The van der Waals surface area contributed by atoms with Crippen molar-refractivity contribution in [3.63, 3.8) is 0 Å². The van der Waals surface area contributed by atoms with Gasteiger partial charge in [0.05, 0.1) is 16.8 Å². The van der Waals surface area contributed by atoms with E-state index in [2.05, 4.69) is 22.0 Å². The lowest BCUT2D eigenvalue weighted by Gasteiger charge is -2.33. The highest BCUT2D eigenvalue weighted by Crippen LogP contribution is 2.43. The molecule has 38 heavy (non-hydrogen) atoms. The molecule has 1 aliphatic heterocycles. The predicted molar refractivity (Wildman–Crippen MR) is 137 cm³/mol. The standard InChI is InChI=1S/C28H31F3N6O/c1-18-6-5-11-35(18)14-19-12-23(28(29,30)31)24-16-36(27(38)37(24)15-19)22-10-4-9-21(13-22)25(20-7-3-8-20)26-33-32-17-34(26)2/h4,9-10,12-13,15-18,20,25H,3,5-8,11,14H2,1-2H3/t18-,25-/m0/s1. The maximum atomic E-state index is 14.2. The summed E-state index contributed by atoms with van der Waals surface area (Å²) >= 11 is 0. The third kappa shape index (κ3) is 4.34. The molecule has 1 aliphatic carbocycles. The molecule has 1 saturated carbocycles. The Morgan fingerprint density at radius 3 is 2.55 bits per heavy atom. The molecule has 10 heteroatoms. The van der Waals surface area contributed by atoms with Crippen LogP contribution in [0.5, 0.6) is 0 Å². The van der Waals surface area contributed by atoms with E-state index < -0.39 is 17.4 Å². The van der Waals surface area contributed by atoms with Crippen molar-refractivity contribution < 1.29 is 13.2 Å². The Labute approximate surface area is 218 Å². The van der Waals surface area contributed by atoms with Gasteiger partial charge in [-0.15, -0.1) is 10.2 Å². The third-order valence-electron chi connectivity index (χ3n) is 8.36. The minimum atomic E-state index is -4.58. The minimum Gasteiger partial charge on any atom is -0.320 e. The fourth-order valence-corrected chi connectivity index (χ4v) is 6.05. The first-order valence-corrected chi connectivity index (χ1v) is 13.2. The first-order valence-electron chi connectivity index (χ1n) is 13.2. The number of aryl methyl sites for hydroxylation is 1. The first kappa shape index (κ1) is 24.9. The molecule has 7 nitrogen and oxygen atoms in total. The number of pyridine rings is 1. The van der Waals surface area contributed by atoms with E-state index in [-0.39, 0.29) is 11.4 Å². The highest BCUT2D eigenvalue weighted by molar-refractivity contribution is 5.58. The molecule has 0 spiro atoms. The largest absolute Gasteiger partial charge is 0.418 e. The normalized spacial score (nSPS) is 19.8. The maximum absolute atomic E-state index is 14.2. The summed E-state index contributed by atoms with van der Waals surface area (Å²) in [6.07, 6.45) is 5.32. The smallest absolute Gasteiger partial charge is 0.320 e. The second-order valence-corrected chi connectivity index (χ2v) is 10.8. The van der Waals surface area contributed by atoms with Crippen LogP contribution in [0.4, 0.5) is 13.2 Å². The minimum absolute atomic E-state index is 0.00345. The van der Waals surface area contributed by atoms with Crippen molar-refractivity contribution in [1.82, 2.24) is 28.6 Å². The Bertz CT molecular complexity index is 1530. The second kappa shape index (κ2) is 9.41. The summed E-state index contributed by atoms with van der Waals surface area (Å²) in [4.78, 5) is 15.7. The molecule has 6 rings (SSSR count). The molecule has 4 heterocycles. The fourth-order valence-electron chi connectivity index (χ4n) is 6.05. The van der Waals surface area contributed by atoms with Gasteiger partial charge in [-0.3, -0.25) is 13.9 Å².